The minimum absolute atomic E-state index is 0.555. The average Bonchev–Trinajstić information content (AvgIpc) is 3.73. The van der Waals surface area contributed by atoms with Gasteiger partial charge in [0.2, 0.25) is 0 Å². The van der Waals surface area contributed by atoms with E-state index in [0.29, 0.717) is 17.5 Å². The number of hydrogen-bond donors (Lipinski definition) is 0. The topological polar surface area (TPSA) is 51.8 Å². The molecule has 0 aliphatic rings. The van der Waals surface area contributed by atoms with Crippen LogP contribution in [0.1, 0.15) is 0 Å². The van der Waals surface area contributed by atoms with Gasteiger partial charge in [0.05, 0.1) is 5.56 Å². The molecule has 4 heteroatoms. The third-order valence-corrected chi connectivity index (χ3v) is 12.0. The maximum Gasteiger partial charge on any atom is 0.167 e. The molecule has 12 rings (SSSR count). The van der Waals surface area contributed by atoms with Crippen molar-refractivity contribution in [2.45, 2.75) is 0 Å². The van der Waals surface area contributed by atoms with Crippen LogP contribution in [0.5, 0.6) is 0 Å². The third kappa shape index (κ3) is 5.88. The number of furan rings is 1. The second kappa shape index (κ2) is 14.3. The Balaban J connectivity index is 0.999. The predicted octanol–water partition coefficient (Wildman–Crippen LogP) is 15.2. The van der Waals surface area contributed by atoms with Gasteiger partial charge in [-0.05, 0) is 83.9 Å². The quantitative estimate of drug-likeness (QED) is 0.158. The van der Waals surface area contributed by atoms with Crippen LogP contribution in [0.25, 0.3) is 122 Å². The smallest absolute Gasteiger partial charge is 0.167 e. The molecule has 0 saturated heterocycles. The minimum atomic E-state index is 0.555. The van der Waals surface area contributed by atoms with Crippen LogP contribution in [0, 0.1) is 0 Å². The van der Waals surface area contributed by atoms with Gasteiger partial charge in [0.15, 0.2) is 17.5 Å². The Bertz CT molecular complexity index is 3650. The molecule has 0 bridgehead atoms. The van der Waals surface area contributed by atoms with Crippen molar-refractivity contribution in [1.29, 1.82) is 0 Å². The summed E-state index contributed by atoms with van der Waals surface area (Å²) in [6, 6.07) is 74.7. The molecule has 2 aromatic heterocycles. The lowest BCUT2D eigenvalue weighted by Crippen LogP contribution is -2.01. The van der Waals surface area contributed by atoms with Crippen molar-refractivity contribution in [1.82, 2.24) is 15.0 Å². The third-order valence-electron chi connectivity index (χ3n) is 12.0. The van der Waals surface area contributed by atoms with Crippen molar-refractivity contribution in [3.8, 4) is 67.5 Å². The van der Waals surface area contributed by atoms with Gasteiger partial charge in [-0.3, -0.25) is 0 Å². The summed E-state index contributed by atoms with van der Waals surface area (Å²) in [5.41, 5.74) is 11.1. The van der Waals surface area contributed by atoms with Gasteiger partial charge in [0.1, 0.15) is 11.2 Å². The van der Waals surface area contributed by atoms with Crippen LogP contribution >= 0.6 is 0 Å². The summed E-state index contributed by atoms with van der Waals surface area (Å²) in [4.78, 5) is 15.6. The fourth-order valence-electron chi connectivity index (χ4n) is 9.08. The Kier molecular flexibility index (Phi) is 8.13. The highest BCUT2D eigenvalue weighted by Crippen LogP contribution is 2.42. The van der Waals surface area contributed by atoms with Gasteiger partial charge < -0.3 is 4.42 Å². The predicted molar refractivity (Wildman–Crippen MR) is 252 cm³/mol. The van der Waals surface area contributed by atoms with Crippen molar-refractivity contribution >= 4 is 54.3 Å². The lowest BCUT2D eigenvalue weighted by molar-refractivity contribution is 0.669. The zero-order valence-corrected chi connectivity index (χ0v) is 33.0. The van der Waals surface area contributed by atoms with E-state index in [2.05, 4.69) is 170 Å². The minimum Gasteiger partial charge on any atom is -0.455 e. The molecule has 0 unspecified atom stereocenters. The first-order valence-corrected chi connectivity index (χ1v) is 20.6. The molecule has 0 fully saturated rings. The second-order valence-electron chi connectivity index (χ2n) is 15.5. The maximum atomic E-state index is 6.50. The van der Waals surface area contributed by atoms with E-state index in [1.165, 1.54) is 49.0 Å². The number of para-hydroxylation sites is 2. The molecular weight excluding hydrogens is 743 g/mol. The van der Waals surface area contributed by atoms with Gasteiger partial charge in [0, 0.05) is 21.9 Å². The Morgan fingerprint density at radius 2 is 0.770 bits per heavy atom. The second-order valence-corrected chi connectivity index (χ2v) is 15.5. The molecule has 0 aliphatic carbocycles. The number of nitrogens with zero attached hydrogens (tertiary/aromatic N) is 3. The lowest BCUT2D eigenvalue weighted by atomic mass is 9.88. The molecule has 0 spiro atoms. The van der Waals surface area contributed by atoms with E-state index in [1.54, 1.807) is 0 Å². The van der Waals surface area contributed by atoms with E-state index in [9.17, 15) is 0 Å². The average molecular weight is 778 g/mol. The molecular formula is C57H35N3O. The van der Waals surface area contributed by atoms with Crippen LogP contribution in [-0.4, -0.2) is 15.0 Å². The van der Waals surface area contributed by atoms with Crippen molar-refractivity contribution in [2.24, 2.45) is 0 Å². The first-order chi connectivity index (χ1) is 30.2. The van der Waals surface area contributed by atoms with Crippen LogP contribution in [-0.2, 0) is 0 Å². The summed E-state index contributed by atoms with van der Waals surface area (Å²) >= 11 is 0. The summed E-state index contributed by atoms with van der Waals surface area (Å²) in [6.07, 6.45) is 0. The van der Waals surface area contributed by atoms with Gasteiger partial charge >= 0.3 is 0 Å². The normalized spacial score (nSPS) is 11.6. The van der Waals surface area contributed by atoms with Crippen LogP contribution < -0.4 is 0 Å². The summed E-state index contributed by atoms with van der Waals surface area (Å²) in [5, 5.41) is 9.53. The number of rotatable bonds is 6. The highest BCUT2D eigenvalue weighted by molar-refractivity contribution is 6.17. The Hall–Kier alpha value is -8.21. The standard InChI is InChI=1S/C57H35N3O/c1-2-15-36(16-3-1)40-18-6-11-25-50(40)56-58-55(59-57(60-56)51-27-14-26-49-48-24-12-13-28-53(48)61-54(49)51)38-31-29-37(30-32-38)42-33-34-47(45-22-9-7-21-44(42)45)52-35-39-17-4-5-19-41(39)43-20-8-10-23-46(43)52/h1-35H. The van der Waals surface area contributed by atoms with Gasteiger partial charge in [-0.25, -0.2) is 15.0 Å². The summed E-state index contributed by atoms with van der Waals surface area (Å²) < 4.78 is 6.50. The van der Waals surface area contributed by atoms with Gasteiger partial charge in [-0.15, -0.1) is 0 Å². The summed E-state index contributed by atoms with van der Waals surface area (Å²) in [7, 11) is 0. The molecule has 2 heterocycles. The maximum absolute atomic E-state index is 6.50. The van der Waals surface area contributed by atoms with Gasteiger partial charge in [-0.1, -0.05) is 194 Å². The molecule has 61 heavy (non-hydrogen) atoms. The van der Waals surface area contributed by atoms with E-state index in [4.69, 9.17) is 19.4 Å². The van der Waals surface area contributed by atoms with E-state index < -0.39 is 0 Å². The highest BCUT2D eigenvalue weighted by Gasteiger charge is 2.20. The molecule has 0 N–H and O–H groups in total. The molecule has 10 aromatic carbocycles. The van der Waals surface area contributed by atoms with Gasteiger partial charge in [0.25, 0.3) is 0 Å². The van der Waals surface area contributed by atoms with E-state index >= 15 is 0 Å². The zero-order chi connectivity index (χ0) is 40.3. The van der Waals surface area contributed by atoms with Crippen LogP contribution in [0.15, 0.2) is 217 Å². The molecule has 0 amide bonds. The number of hydrogen-bond acceptors (Lipinski definition) is 4. The van der Waals surface area contributed by atoms with Crippen molar-refractivity contribution in [3.63, 3.8) is 0 Å². The fourth-order valence-corrected chi connectivity index (χ4v) is 9.08. The van der Waals surface area contributed by atoms with E-state index in [-0.39, 0.29) is 0 Å². The van der Waals surface area contributed by atoms with Crippen LogP contribution in [0.2, 0.25) is 0 Å². The molecule has 0 atom stereocenters. The number of aromatic nitrogens is 3. The Morgan fingerprint density at radius 3 is 1.56 bits per heavy atom. The highest BCUT2D eigenvalue weighted by atomic mass is 16.3. The number of benzene rings is 10. The van der Waals surface area contributed by atoms with Gasteiger partial charge in [-0.2, -0.15) is 0 Å². The molecule has 4 nitrogen and oxygen atoms in total. The molecule has 0 radical (unpaired) electrons. The fraction of sp³-hybridized carbons (Fsp3) is 0. The van der Waals surface area contributed by atoms with Crippen molar-refractivity contribution in [3.05, 3.63) is 212 Å². The molecule has 284 valence electrons. The first kappa shape index (κ1) is 34.8. The molecule has 0 aliphatic heterocycles. The Morgan fingerprint density at radius 1 is 0.262 bits per heavy atom. The SMILES string of the molecule is c1ccc(-c2ccccc2-c2nc(-c3ccc(-c4ccc(-c5cc6ccccc6c6ccccc56)c5ccccc45)cc3)nc(-c3cccc4c3oc3ccccc34)n2)cc1. The van der Waals surface area contributed by atoms with E-state index in [0.717, 1.165) is 55.3 Å². The number of fused-ring (bicyclic) bond motifs is 7. The van der Waals surface area contributed by atoms with Crippen LogP contribution in [0.4, 0.5) is 0 Å². The Labute approximate surface area is 352 Å². The molecule has 0 saturated carbocycles. The van der Waals surface area contributed by atoms with Crippen LogP contribution in [0.3, 0.4) is 0 Å². The summed E-state index contributed by atoms with van der Waals surface area (Å²) in [6.45, 7) is 0. The summed E-state index contributed by atoms with van der Waals surface area (Å²) in [5.74, 6) is 1.74. The monoisotopic (exact) mass is 777 g/mol. The van der Waals surface area contributed by atoms with Crippen molar-refractivity contribution in [2.75, 3.05) is 0 Å². The largest absolute Gasteiger partial charge is 0.455 e. The van der Waals surface area contributed by atoms with Crippen molar-refractivity contribution < 1.29 is 4.42 Å². The molecule has 12 aromatic rings. The lowest BCUT2D eigenvalue weighted by Gasteiger charge is -2.16. The van der Waals surface area contributed by atoms with E-state index in [1.807, 2.05) is 42.5 Å². The zero-order valence-electron chi connectivity index (χ0n) is 33.0. The first-order valence-electron chi connectivity index (χ1n) is 20.6.